The first kappa shape index (κ1) is 20.0. The summed E-state index contributed by atoms with van der Waals surface area (Å²) in [6, 6.07) is 14.5. The zero-order valence-electron chi connectivity index (χ0n) is 15.6. The summed E-state index contributed by atoms with van der Waals surface area (Å²) in [5.74, 6) is -1.11. The van der Waals surface area contributed by atoms with E-state index in [2.05, 4.69) is 21.1 Å². The van der Waals surface area contributed by atoms with Crippen LogP contribution in [0.2, 0.25) is 0 Å². The Hall–Kier alpha value is -3.76. The van der Waals surface area contributed by atoms with Gasteiger partial charge >= 0.3 is 5.97 Å². The molecule has 0 atom stereocenters. The molecule has 0 spiro atoms. The van der Waals surface area contributed by atoms with Crippen LogP contribution in [0.3, 0.4) is 0 Å². The van der Waals surface area contributed by atoms with Gasteiger partial charge in [-0.1, -0.05) is 12.1 Å². The summed E-state index contributed by atoms with van der Waals surface area (Å²) in [6.07, 6.45) is 1.58. The van der Waals surface area contributed by atoms with E-state index in [0.717, 1.165) is 22.5 Å². The number of aryl methyl sites for hydroxylation is 2. The number of fused-ring (bicyclic) bond motifs is 1. The minimum Gasteiger partial charge on any atom is -0.477 e. The third kappa shape index (κ3) is 3.66. The van der Waals surface area contributed by atoms with Crippen LogP contribution in [0.5, 0.6) is 0 Å². The first-order valence-electron chi connectivity index (χ1n) is 8.55. The fourth-order valence-corrected chi connectivity index (χ4v) is 3.23. The SMILES string of the molecule is Cc1cc(-c2c(-c3cccc(C#N)c3)nn3ccc(C(=O)O)nc23)cc(C)n1.Cl. The van der Waals surface area contributed by atoms with E-state index >= 15 is 0 Å². The zero-order valence-corrected chi connectivity index (χ0v) is 16.4. The molecule has 0 saturated heterocycles. The van der Waals surface area contributed by atoms with Crippen molar-refractivity contribution in [2.75, 3.05) is 0 Å². The van der Waals surface area contributed by atoms with Crippen LogP contribution >= 0.6 is 12.4 Å². The predicted octanol–water partition coefficient (Wildman–Crippen LogP) is 4.07. The van der Waals surface area contributed by atoms with Gasteiger partial charge in [-0.05, 0) is 49.7 Å². The second-order valence-corrected chi connectivity index (χ2v) is 6.44. The molecule has 0 aliphatic carbocycles. The summed E-state index contributed by atoms with van der Waals surface area (Å²) in [7, 11) is 0. The van der Waals surface area contributed by atoms with Crippen molar-refractivity contribution in [1.82, 2.24) is 19.6 Å². The van der Waals surface area contributed by atoms with Crippen LogP contribution in [0.25, 0.3) is 28.0 Å². The summed E-state index contributed by atoms with van der Waals surface area (Å²) in [4.78, 5) is 20.2. The second kappa shape index (κ2) is 7.70. The maximum Gasteiger partial charge on any atom is 0.354 e. The van der Waals surface area contributed by atoms with Crippen LogP contribution in [0.1, 0.15) is 27.4 Å². The Morgan fingerprint density at radius 2 is 1.79 bits per heavy atom. The van der Waals surface area contributed by atoms with E-state index in [4.69, 9.17) is 0 Å². The van der Waals surface area contributed by atoms with Crippen LogP contribution in [0.4, 0.5) is 0 Å². The lowest BCUT2D eigenvalue weighted by Crippen LogP contribution is -2.02. The Balaban J connectivity index is 0.00000240. The Labute approximate surface area is 172 Å². The molecule has 0 aliphatic heterocycles. The molecule has 3 heterocycles. The number of aromatic nitrogens is 4. The normalized spacial score (nSPS) is 10.4. The number of halogens is 1. The van der Waals surface area contributed by atoms with E-state index in [1.165, 1.54) is 6.07 Å². The minimum atomic E-state index is -1.11. The molecule has 0 radical (unpaired) electrons. The molecule has 0 amide bonds. The van der Waals surface area contributed by atoms with E-state index in [-0.39, 0.29) is 18.1 Å². The zero-order chi connectivity index (χ0) is 19.8. The third-order valence-electron chi connectivity index (χ3n) is 4.34. The molecule has 8 heteroatoms. The molecule has 1 aromatic carbocycles. The van der Waals surface area contributed by atoms with Crippen LogP contribution in [-0.2, 0) is 0 Å². The fourth-order valence-electron chi connectivity index (χ4n) is 3.23. The second-order valence-electron chi connectivity index (χ2n) is 6.44. The first-order chi connectivity index (χ1) is 13.5. The molecule has 7 nitrogen and oxygen atoms in total. The van der Waals surface area contributed by atoms with E-state index < -0.39 is 5.97 Å². The van der Waals surface area contributed by atoms with Crippen LogP contribution in [-0.4, -0.2) is 30.7 Å². The van der Waals surface area contributed by atoms with Gasteiger partial charge in [0.15, 0.2) is 11.3 Å². The highest BCUT2D eigenvalue weighted by atomic mass is 35.5. The van der Waals surface area contributed by atoms with Crippen LogP contribution < -0.4 is 0 Å². The summed E-state index contributed by atoms with van der Waals surface area (Å²) >= 11 is 0. The highest BCUT2D eigenvalue weighted by Gasteiger charge is 2.20. The lowest BCUT2D eigenvalue weighted by Gasteiger charge is -2.06. The van der Waals surface area contributed by atoms with Gasteiger partial charge in [0, 0.05) is 23.1 Å². The molecule has 0 bridgehead atoms. The fraction of sp³-hybridized carbons (Fsp3) is 0.0952. The number of hydrogen-bond acceptors (Lipinski definition) is 5. The highest BCUT2D eigenvalue weighted by Crippen LogP contribution is 2.35. The monoisotopic (exact) mass is 405 g/mol. The molecular weight excluding hydrogens is 390 g/mol. The molecule has 0 aliphatic rings. The number of aromatic carboxylic acids is 1. The van der Waals surface area contributed by atoms with Gasteiger partial charge in [-0.25, -0.2) is 14.3 Å². The van der Waals surface area contributed by atoms with E-state index in [0.29, 0.717) is 22.5 Å². The molecule has 0 fully saturated rings. The van der Waals surface area contributed by atoms with E-state index in [9.17, 15) is 15.2 Å². The number of pyridine rings is 1. The van der Waals surface area contributed by atoms with Gasteiger partial charge in [0.05, 0.1) is 17.2 Å². The van der Waals surface area contributed by atoms with Gasteiger partial charge in [-0.3, -0.25) is 4.98 Å². The number of hydrogen-bond donors (Lipinski definition) is 1. The van der Waals surface area contributed by atoms with E-state index in [1.54, 1.807) is 28.9 Å². The van der Waals surface area contributed by atoms with Crippen molar-refractivity contribution < 1.29 is 9.90 Å². The van der Waals surface area contributed by atoms with Crippen molar-refractivity contribution in [3.8, 4) is 28.5 Å². The van der Waals surface area contributed by atoms with Crippen molar-refractivity contribution in [2.24, 2.45) is 0 Å². The lowest BCUT2D eigenvalue weighted by molar-refractivity contribution is 0.0690. The lowest BCUT2D eigenvalue weighted by atomic mass is 9.99. The Morgan fingerprint density at radius 1 is 1.07 bits per heavy atom. The van der Waals surface area contributed by atoms with Gasteiger partial charge < -0.3 is 5.11 Å². The summed E-state index contributed by atoms with van der Waals surface area (Å²) in [6.45, 7) is 3.79. The summed E-state index contributed by atoms with van der Waals surface area (Å²) < 4.78 is 1.56. The topological polar surface area (TPSA) is 104 Å². The number of nitriles is 1. The number of carboxylic acid groups (broad SMARTS) is 1. The predicted molar refractivity (Wildman–Crippen MR) is 110 cm³/mol. The maximum absolute atomic E-state index is 11.4. The molecule has 4 aromatic rings. The van der Waals surface area contributed by atoms with Crippen molar-refractivity contribution >= 4 is 24.0 Å². The van der Waals surface area contributed by atoms with Gasteiger partial charge in [-0.15, -0.1) is 12.4 Å². The van der Waals surface area contributed by atoms with Crippen molar-refractivity contribution in [2.45, 2.75) is 13.8 Å². The van der Waals surface area contributed by atoms with Crippen LogP contribution in [0.15, 0.2) is 48.7 Å². The molecule has 1 N–H and O–H groups in total. The average molecular weight is 406 g/mol. The van der Waals surface area contributed by atoms with Gasteiger partial charge in [0.2, 0.25) is 0 Å². The highest BCUT2D eigenvalue weighted by molar-refractivity contribution is 5.93. The molecule has 0 saturated carbocycles. The van der Waals surface area contributed by atoms with Crippen molar-refractivity contribution in [1.29, 1.82) is 5.26 Å². The van der Waals surface area contributed by atoms with Gasteiger partial charge in [0.25, 0.3) is 0 Å². The molecule has 29 heavy (non-hydrogen) atoms. The van der Waals surface area contributed by atoms with Gasteiger partial charge in [0.1, 0.15) is 5.69 Å². The van der Waals surface area contributed by atoms with Crippen molar-refractivity contribution in [3.63, 3.8) is 0 Å². The summed E-state index contributed by atoms with van der Waals surface area (Å²) in [5, 5.41) is 23.2. The molecule has 4 rings (SSSR count). The number of carboxylic acids is 1. The molecule has 144 valence electrons. The van der Waals surface area contributed by atoms with Gasteiger partial charge in [-0.2, -0.15) is 10.4 Å². The third-order valence-corrected chi connectivity index (χ3v) is 4.34. The maximum atomic E-state index is 11.4. The van der Waals surface area contributed by atoms with E-state index in [1.807, 2.05) is 32.0 Å². The number of carbonyl (C=O) groups is 1. The number of nitrogens with zero attached hydrogens (tertiary/aromatic N) is 5. The first-order valence-corrected chi connectivity index (χ1v) is 8.55. The molecule has 0 unspecified atom stereocenters. The smallest absolute Gasteiger partial charge is 0.354 e. The van der Waals surface area contributed by atoms with Crippen molar-refractivity contribution in [3.05, 3.63) is 71.3 Å². The Bertz CT molecular complexity index is 1270. The number of benzene rings is 1. The minimum absolute atomic E-state index is 0. The molecular formula is C21H16ClN5O2. The average Bonchev–Trinajstić information content (AvgIpc) is 3.06. The molecule has 3 aromatic heterocycles. The largest absolute Gasteiger partial charge is 0.477 e. The summed E-state index contributed by atoms with van der Waals surface area (Å²) in [5.41, 5.74) is 5.47. The Kier molecular flexibility index (Phi) is 5.31. The number of rotatable bonds is 3. The Morgan fingerprint density at radius 3 is 2.45 bits per heavy atom. The standard InChI is InChI=1S/C21H15N5O2.ClH/c1-12-8-16(9-13(2)23-12)18-19(15-5-3-4-14(10-15)11-22)25-26-7-6-17(21(27)28)24-20(18)26;/h3-10H,1-2H3,(H,27,28);1H. The quantitative estimate of drug-likeness (QED) is 0.551. The van der Waals surface area contributed by atoms with Crippen LogP contribution in [0, 0.1) is 25.2 Å².